The van der Waals surface area contributed by atoms with Gasteiger partial charge in [0.15, 0.2) is 5.69 Å². The SMILES string of the molecule is CCn1cc(NC(=O)c2c(C(=O)O)cnn2C)c(C(=O)Nc2ccccc2)n1. The molecule has 0 aliphatic carbocycles. The number of nitrogens with zero attached hydrogens (tertiary/aromatic N) is 4. The second-order valence-corrected chi connectivity index (χ2v) is 5.86. The van der Waals surface area contributed by atoms with Crippen LogP contribution in [0.3, 0.4) is 0 Å². The van der Waals surface area contributed by atoms with Crippen molar-refractivity contribution in [1.29, 1.82) is 0 Å². The van der Waals surface area contributed by atoms with Gasteiger partial charge in [-0.2, -0.15) is 10.2 Å². The Morgan fingerprint density at radius 1 is 1.11 bits per heavy atom. The second-order valence-electron chi connectivity index (χ2n) is 5.86. The summed E-state index contributed by atoms with van der Waals surface area (Å²) in [6, 6.07) is 8.82. The van der Waals surface area contributed by atoms with E-state index in [1.54, 1.807) is 24.3 Å². The maximum atomic E-state index is 12.6. The third kappa shape index (κ3) is 3.75. The smallest absolute Gasteiger partial charge is 0.339 e. The van der Waals surface area contributed by atoms with E-state index >= 15 is 0 Å². The molecule has 2 amide bonds. The number of rotatable bonds is 6. The highest BCUT2D eigenvalue weighted by atomic mass is 16.4. The zero-order valence-electron chi connectivity index (χ0n) is 15.2. The van der Waals surface area contributed by atoms with Gasteiger partial charge in [-0.05, 0) is 19.1 Å². The van der Waals surface area contributed by atoms with Crippen LogP contribution in [0, 0.1) is 0 Å². The summed E-state index contributed by atoms with van der Waals surface area (Å²) in [5, 5.41) is 22.5. The molecule has 2 heterocycles. The molecule has 1 aromatic carbocycles. The van der Waals surface area contributed by atoms with Crippen molar-refractivity contribution in [3.05, 3.63) is 59.7 Å². The Balaban J connectivity index is 1.89. The monoisotopic (exact) mass is 382 g/mol. The van der Waals surface area contributed by atoms with Crippen molar-refractivity contribution in [2.45, 2.75) is 13.5 Å². The zero-order valence-corrected chi connectivity index (χ0v) is 15.2. The Morgan fingerprint density at radius 3 is 2.46 bits per heavy atom. The average Bonchev–Trinajstić information content (AvgIpc) is 3.26. The highest BCUT2D eigenvalue weighted by Crippen LogP contribution is 2.18. The Kier molecular flexibility index (Phi) is 5.21. The summed E-state index contributed by atoms with van der Waals surface area (Å²) < 4.78 is 2.66. The molecule has 0 fully saturated rings. The van der Waals surface area contributed by atoms with Gasteiger partial charge in [0.05, 0.1) is 11.9 Å². The number of aromatic carboxylic acids is 1. The lowest BCUT2D eigenvalue weighted by atomic mass is 10.2. The second kappa shape index (κ2) is 7.74. The van der Waals surface area contributed by atoms with Crippen LogP contribution in [-0.4, -0.2) is 42.5 Å². The van der Waals surface area contributed by atoms with Crippen molar-refractivity contribution in [2.75, 3.05) is 10.6 Å². The van der Waals surface area contributed by atoms with Gasteiger partial charge in [-0.15, -0.1) is 0 Å². The fourth-order valence-corrected chi connectivity index (χ4v) is 2.60. The summed E-state index contributed by atoms with van der Waals surface area (Å²) in [6.45, 7) is 2.31. The largest absolute Gasteiger partial charge is 0.478 e. The first-order valence-electron chi connectivity index (χ1n) is 8.41. The molecule has 0 atom stereocenters. The molecule has 0 saturated heterocycles. The van der Waals surface area contributed by atoms with Crippen molar-refractivity contribution in [1.82, 2.24) is 19.6 Å². The van der Waals surface area contributed by atoms with E-state index in [1.165, 1.54) is 17.9 Å². The predicted octanol–water partition coefficient (Wildman–Crippen LogP) is 1.84. The summed E-state index contributed by atoms with van der Waals surface area (Å²) in [6.07, 6.45) is 2.60. The minimum atomic E-state index is -1.27. The molecule has 3 aromatic rings. The first-order valence-corrected chi connectivity index (χ1v) is 8.41. The third-order valence-corrected chi connectivity index (χ3v) is 3.96. The van der Waals surface area contributed by atoms with Crippen LogP contribution in [0.2, 0.25) is 0 Å². The molecule has 3 rings (SSSR count). The van der Waals surface area contributed by atoms with E-state index in [0.29, 0.717) is 12.2 Å². The molecule has 2 aromatic heterocycles. The number of aromatic nitrogens is 4. The lowest BCUT2D eigenvalue weighted by Crippen LogP contribution is -2.21. The molecule has 0 saturated carbocycles. The van der Waals surface area contributed by atoms with Crippen LogP contribution in [0.1, 0.15) is 38.3 Å². The van der Waals surface area contributed by atoms with Crippen LogP contribution in [0.25, 0.3) is 0 Å². The van der Waals surface area contributed by atoms with Gasteiger partial charge in [-0.3, -0.25) is 19.0 Å². The van der Waals surface area contributed by atoms with E-state index in [9.17, 15) is 19.5 Å². The van der Waals surface area contributed by atoms with Crippen molar-refractivity contribution in [2.24, 2.45) is 7.05 Å². The number of amides is 2. The fourth-order valence-electron chi connectivity index (χ4n) is 2.60. The standard InChI is InChI=1S/C18H18N6O4/c1-3-24-10-13(14(22-24)16(25)20-11-7-5-4-6-8-11)21-17(26)15-12(18(27)28)9-19-23(15)2/h4-10H,3H2,1-2H3,(H,20,25)(H,21,26)(H,27,28). The normalized spacial score (nSPS) is 10.5. The van der Waals surface area contributed by atoms with Gasteiger partial charge in [0.2, 0.25) is 0 Å². The minimum Gasteiger partial charge on any atom is -0.478 e. The van der Waals surface area contributed by atoms with Gasteiger partial charge in [-0.25, -0.2) is 4.79 Å². The van der Waals surface area contributed by atoms with Crippen molar-refractivity contribution in [3.8, 4) is 0 Å². The lowest BCUT2D eigenvalue weighted by Gasteiger charge is -2.07. The first kappa shape index (κ1) is 18.8. The predicted molar refractivity (Wildman–Crippen MR) is 100 cm³/mol. The van der Waals surface area contributed by atoms with Crippen LogP contribution in [0.4, 0.5) is 11.4 Å². The van der Waals surface area contributed by atoms with Crippen LogP contribution in [-0.2, 0) is 13.6 Å². The van der Waals surface area contributed by atoms with E-state index in [4.69, 9.17) is 0 Å². The number of aryl methyl sites for hydroxylation is 2. The number of carbonyl (C=O) groups is 3. The number of para-hydroxylation sites is 1. The molecule has 144 valence electrons. The van der Waals surface area contributed by atoms with E-state index < -0.39 is 17.8 Å². The number of hydrogen-bond acceptors (Lipinski definition) is 5. The van der Waals surface area contributed by atoms with Crippen molar-refractivity contribution < 1.29 is 19.5 Å². The number of nitrogens with one attached hydrogen (secondary N) is 2. The fraction of sp³-hybridized carbons (Fsp3) is 0.167. The van der Waals surface area contributed by atoms with E-state index in [-0.39, 0.29) is 22.6 Å². The summed E-state index contributed by atoms with van der Waals surface area (Å²) in [5.74, 6) is -2.48. The molecule has 0 aliphatic heterocycles. The van der Waals surface area contributed by atoms with Crippen LogP contribution < -0.4 is 10.6 Å². The molecule has 0 unspecified atom stereocenters. The Bertz CT molecular complexity index is 1040. The van der Waals surface area contributed by atoms with E-state index in [2.05, 4.69) is 20.8 Å². The quantitative estimate of drug-likeness (QED) is 0.596. The highest BCUT2D eigenvalue weighted by Gasteiger charge is 2.25. The van der Waals surface area contributed by atoms with Crippen LogP contribution >= 0.6 is 0 Å². The first-order chi connectivity index (χ1) is 13.4. The topological polar surface area (TPSA) is 131 Å². The van der Waals surface area contributed by atoms with Gasteiger partial charge in [0.1, 0.15) is 11.3 Å². The average molecular weight is 382 g/mol. The van der Waals surface area contributed by atoms with Gasteiger partial charge < -0.3 is 15.7 Å². The van der Waals surface area contributed by atoms with Crippen LogP contribution in [0.15, 0.2) is 42.7 Å². The van der Waals surface area contributed by atoms with Crippen LogP contribution in [0.5, 0.6) is 0 Å². The highest BCUT2D eigenvalue weighted by molar-refractivity contribution is 6.13. The molecule has 10 nitrogen and oxygen atoms in total. The zero-order chi connectivity index (χ0) is 20.3. The van der Waals surface area contributed by atoms with Gasteiger partial charge in [0.25, 0.3) is 11.8 Å². The van der Waals surface area contributed by atoms with Crippen molar-refractivity contribution >= 4 is 29.2 Å². The lowest BCUT2D eigenvalue weighted by molar-refractivity contribution is 0.0692. The molecular weight excluding hydrogens is 364 g/mol. The number of hydrogen-bond donors (Lipinski definition) is 3. The summed E-state index contributed by atoms with van der Waals surface area (Å²) in [7, 11) is 1.46. The van der Waals surface area contributed by atoms with Gasteiger partial charge in [-0.1, -0.05) is 18.2 Å². The Labute approximate surface area is 159 Å². The maximum absolute atomic E-state index is 12.6. The van der Waals surface area contributed by atoms with E-state index in [1.807, 2.05) is 13.0 Å². The number of carboxylic acids is 1. The minimum absolute atomic E-state index is 0.0121. The molecule has 10 heteroatoms. The molecular formula is C18H18N6O4. The summed E-state index contributed by atoms with van der Waals surface area (Å²) in [4.78, 5) is 36.6. The number of anilines is 2. The molecule has 0 aliphatic rings. The third-order valence-electron chi connectivity index (χ3n) is 3.96. The van der Waals surface area contributed by atoms with Gasteiger partial charge >= 0.3 is 5.97 Å². The molecule has 0 bridgehead atoms. The van der Waals surface area contributed by atoms with Gasteiger partial charge in [0, 0.05) is 25.5 Å². The molecule has 28 heavy (non-hydrogen) atoms. The number of benzene rings is 1. The summed E-state index contributed by atoms with van der Waals surface area (Å²) in [5.41, 5.74) is 0.385. The Morgan fingerprint density at radius 2 is 1.82 bits per heavy atom. The maximum Gasteiger partial charge on any atom is 0.339 e. The van der Waals surface area contributed by atoms with Crippen molar-refractivity contribution in [3.63, 3.8) is 0 Å². The molecule has 0 spiro atoms. The molecule has 0 radical (unpaired) electrons. The molecule has 3 N–H and O–H groups in total. The summed E-state index contributed by atoms with van der Waals surface area (Å²) >= 11 is 0. The van der Waals surface area contributed by atoms with E-state index in [0.717, 1.165) is 10.9 Å². The number of carbonyl (C=O) groups excluding carboxylic acids is 2. The number of carboxylic acid groups (broad SMARTS) is 1. The Hall–Kier alpha value is -3.95.